The van der Waals surface area contributed by atoms with Gasteiger partial charge in [-0.05, 0) is 0 Å². The van der Waals surface area contributed by atoms with Crippen LogP contribution in [-0.2, 0) is 0 Å². The Kier molecular flexibility index (Phi) is 1.77. The molecule has 0 aromatic carbocycles. The molecule has 9 nitrogen and oxygen atoms in total. The van der Waals surface area contributed by atoms with E-state index in [1.807, 2.05) is 5.43 Å². The highest BCUT2D eigenvalue weighted by atomic mass is 16.6. The first kappa shape index (κ1) is 8.17. The lowest BCUT2D eigenvalue weighted by Gasteiger charge is -2.03. The molecule has 9 heteroatoms. The Bertz CT molecular complexity index is 261. The molecular formula is C3H5N5O4. The molecule has 1 heterocycles. The predicted octanol–water partition coefficient (Wildman–Crippen LogP) is -1.89. The van der Waals surface area contributed by atoms with Gasteiger partial charge in [-0.1, -0.05) is 0 Å². The van der Waals surface area contributed by atoms with E-state index in [4.69, 9.17) is 5.73 Å². The van der Waals surface area contributed by atoms with Gasteiger partial charge < -0.3 is 5.73 Å². The maximum atomic E-state index is 10.2. The van der Waals surface area contributed by atoms with Crippen LogP contribution in [0, 0.1) is 20.2 Å². The Morgan fingerprint density at radius 2 is 2.00 bits per heavy atom. The highest BCUT2D eigenvalue weighted by Crippen LogP contribution is 2.05. The van der Waals surface area contributed by atoms with E-state index < -0.39 is 22.1 Å². The molecule has 1 rings (SSSR count). The maximum absolute atomic E-state index is 10.2. The van der Waals surface area contributed by atoms with E-state index in [-0.39, 0.29) is 5.84 Å². The van der Waals surface area contributed by atoms with Crippen LogP contribution in [0.25, 0.3) is 0 Å². The van der Waals surface area contributed by atoms with Crippen molar-refractivity contribution < 1.29 is 9.85 Å². The summed E-state index contributed by atoms with van der Waals surface area (Å²) >= 11 is 0. The third-order valence-corrected chi connectivity index (χ3v) is 1.38. The minimum atomic E-state index is -1.57. The fourth-order valence-electron chi connectivity index (χ4n) is 0.825. The number of hydrazone groups is 1. The smallest absolute Gasteiger partial charge is 0.373 e. The Labute approximate surface area is 65.5 Å². The lowest BCUT2D eigenvalue weighted by molar-refractivity contribution is -0.605. The summed E-state index contributed by atoms with van der Waals surface area (Å²) in [6, 6.07) is -1.57. The second-order valence-corrected chi connectivity index (χ2v) is 2.13. The molecule has 66 valence electrons. The lowest BCUT2D eigenvalue weighted by Crippen LogP contribution is -2.47. The predicted molar refractivity (Wildman–Crippen MR) is 36.3 cm³/mol. The third-order valence-electron chi connectivity index (χ3n) is 1.38. The molecule has 0 radical (unpaired) electrons. The van der Waals surface area contributed by atoms with Crippen LogP contribution < -0.4 is 11.2 Å². The van der Waals surface area contributed by atoms with Crippen LogP contribution in [0.5, 0.6) is 0 Å². The summed E-state index contributed by atoms with van der Waals surface area (Å²) in [6.45, 7) is 0. The van der Waals surface area contributed by atoms with Crippen molar-refractivity contribution in [3.63, 3.8) is 0 Å². The lowest BCUT2D eigenvalue weighted by atomic mass is 10.2. The van der Waals surface area contributed by atoms with Crippen molar-refractivity contribution in [1.29, 1.82) is 0 Å². The normalized spacial score (nSPS) is 27.5. The van der Waals surface area contributed by atoms with Crippen LogP contribution in [0.15, 0.2) is 5.10 Å². The summed E-state index contributed by atoms with van der Waals surface area (Å²) < 4.78 is 0. The fraction of sp³-hybridized carbons (Fsp3) is 0.667. The van der Waals surface area contributed by atoms with Crippen LogP contribution in [0.4, 0.5) is 0 Å². The zero-order valence-corrected chi connectivity index (χ0v) is 5.71. The summed E-state index contributed by atoms with van der Waals surface area (Å²) in [5.74, 6) is -0.373. The van der Waals surface area contributed by atoms with Crippen molar-refractivity contribution in [2.75, 3.05) is 0 Å². The molecule has 12 heavy (non-hydrogen) atoms. The Morgan fingerprint density at radius 1 is 1.42 bits per heavy atom. The van der Waals surface area contributed by atoms with Gasteiger partial charge in [-0.25, -0.2) is 5.43 Å². The molecule has 1 aliphatic rings. The van der Waals surface area contributed by atoms with Crippen LogP contribution >= 0.6 is 0 Å². The third kappa shape index (κ3) is 1.11. The van der Waals surface area contributed by atoms with Gasteiger partial charge in [-0.15, -0.1) is 0 Å². The average Bonchev–Trinajstić information content (AvgIpc) is 2.30. The average molecular weight is 175 g/mol. The van der Waals surface area contributed by atoms with Gasteiger partial charge in [0.05, 0.1) is 4.92 Å². The molecule has 0 aliphatic carbocycles. The van der Waals surface area contributed by atoms with Crippen molar-refractivity contribution in [1.82, 2.24) is 5.43 Å². The van der Waals surface area contributed by atoms with E-state index in [2.05, 4.69) is 5.10 Å². The minimum absolute atomic E-state index is 0.373. The van der Waals surface area contributed by atoms with Gasteiger partial charge in [0.25, 0.3) is 0 Å². The van der Waals surface area contributed by atoms with Crippen molar-refractivity contribution in [2.24, 2.45) is 10.8 Å². The number of nitrogens with zero attached hydrogens (tertiary/aromatic N) is 3. The summed E-state index contributed by atoms with van der Waals surface area (Å²) in [5.41, 5.74) is 7.01. The van der Waals surface area contributed by atoms with E-state index in [1.165, 1.54) is 0 Å². The Balaban J connectivity index is 2.84. The number of amidine groups is 1. The van der Waals surface area contributed by atoms with E-state index >= 15 is 0 Å². The molecule has 0 aromatic heterocycles. The Hall–Kier alpha value is -1.93. The van der Waals surface area contributed by atoms with Gasteiger partial charge in [0.15, 0.2) is 0 Å². The first-order valence-corrected chi connectivity index (χ1v) is 2.89. The molecule has 0 fully saturated rings. The summed E-state index contributed by atoms with van der Waals surface area (Å²) in [7, 11) is 0. The molecule has 1 aliphatic heterocycles. The van der Waals surface area contributed by atoms with Crippen molar-refractivity contribution in [3.8, 4) is 0 Å². The molecule has 3 N–H and O–H groups in total. The quantitative estimate of drug-likeness (QED) is 0.371. The van der Waals surface area contributed by atoms with Gasteiger partial charge >= 0.3 is 12.2 Å². The van der Waals surface area contributed by atoms with E-state index in [1.54, 1.807) is 0 Å². The summed E-state index contributed by atoms with van der Waals surface area (Å²) in [6.07, 6.45) is -1.56. The number of nitrogens with one attached hydrogen (secondary N) is 1. The number of hydrogen-bond donors (Lipinski definition) is 2. The van der Waals surface area contributed by atoms with E-state index in [0.29, 0.717) is 0 Å². The van der Waals surface area contributed by atoms with E-state index in [9.17, 15) is 20.2 Å². The SMILES string of the molecule is NC1=NNC([N+](=O)[O-])C1[N+](=O)[O-]. The summed E-state index contributed by atoms with van der Waals surface area (Å²) in [5, 5.41) is 23.6. The molecule has 0 amide bonds. The molecule has 2 unspecified atom stereocenters. The molecule has 0 spiro atoms. The largest absolute Gasteiger partial charge is 0.380 e. The zero-order chi connectivity index (χ0) is 9.30. The van der Waals surface area contributed by atoms with Crippen LogP contribution in [0.2, 0.25) is 0 Å². The molecule has 0 saturated heterocycles. The van der Waals surface area contributed by atoms with Crippen molar-refractivity contribution in [2.45, 2.75) is 12.2 Å². The number of hydrogen-bond acceptors (Lipinski definition) is 7. The molecule has 0 bridgehead atoms. The molecule has 0 aromatic rings. The first-order chi connectivity index (χ1) is 5.54. The Morgan fingerprint density at radius 3 is 2.33 bits per heavy atom. The van der Waals surface area contributed by atoms with Gasteiger partial charge in [0, 0.05) is 4.92 Å². The van der Waals surface area contributed by atoms with Crippen LogP contribution in [-0.4, -0.2) is 27.9 Å². The second kappa shape index (κ2) is 2.60. The van der Waals surface area contributed by atoms with Crippen molar-refractivity contribution in [3.05, 3.63) is 20.2 Å². The number of nitro groups is 2. The first-order valence-electron chi connectivity index (χ1n) is 2.89. The molecule has 2 atom stereocenters. The zero-order valence-electron chi connectivity index (χ0n) is 5.71. The minimum Gasteiger partial charge on any atom is -0.380 e. The van der Waals surface area contributed by atoms with Gasteiger partial charge in [0.1, 0.15) is 0 Å². The standard InChI is InChI=1S/C3H5N5O4/c4-2-1(7(9)10)3(6-5-2)8(11)12/h1,3,6H,(H2,4,5). The molecular weight excluding hydrogens is 170 g/mol. The van der Waals surface area contributed by atoms with Crippen LogP contribution in [0.1, 0.15) is 0 Å². The van der Waals surface area contributed by atoms with Crippen LogP contribution in [0.3, 0.4) is 0 Å². The van der Waals surface area contributed by atoms with Crippen molar-refractivity contribution >= 4 is 5.84 Å². The number of nitrogens with two attached hydrogens (primary N) is 1. The summed E-state index contributed by atoms with van der Waals surface area (Å²) in [4.78, 5) is 18.7. The van der Waals surface area contributed by atoms with Gasteiger partial charge in [-0.3, -0.25) is 20.2 Å². The molecule has 0 saturated carbocycles. The number of rotatable bonds is 2. The second-order valence-electron chi connectivity index (χ2n) is 2.13. The fourth-order valence-corrected chi connectivity index (χ4v) is 0.825. The van der Waals surface area contributed by atoms with Gasteiger partial charge in [0.2, 0.25) is 5.84 Å². The maximum Gasteiger partial charge on any atom is 0.373 e. The topological polar surface area (TPSA) is 137 Å². The highest BCUT2D eigenvalue weighted by Gasteiger charge is 2.48. The van der Waals surface area contributed by atoms with E-state index in [0.717, 1.165) is 0 Å². The van der Waals surface area contributed by atoms with Gasteiger partial charge in [-0.2, -0.15) is 5.10 Å². The monoisotopic (exact) mass is 175 g/mol. The highest BCUT2D eigenvalue weighted by molar-refractivity contribution is 5.86.